The number of amides is 1. The Bertz CT molecular complexity index is 1210. The van der Waals surface area contributed by atoms with Crippen LogP contribution in [0.3, 0.4) is 0 Å². The summed E-state index contributed by atoms with van der Waals surface area (Å²) < 4.78 is 36.9. The van der Waals surface area contributed by atoms with Crippen LogP contribution in [0.15, 0.2) is 76.5 Å². The van der Waals surface area contributed by atoms with Crippen molar-refractivity contribution in [2.75, 3.05) is 26.1 Å². The topological polar surface area (TPSA) is 93.7 Å². The van der Waals surface area contributed by atoms with Crippen LogP contribution in [0.4, 0.5) is 5.69 Å². The molecule has 32 heavy (non-hydrogen) atoms. The van der Waals surface area contributed by atoms with Crippen molar-refractivity contribution in [2.24, 2.45) is 0 Å². The molecule has 9 heteroatoms. The third-order valence-electron chi connectivity index (χ3n) is 4.72. The molecule has 0 saturated heterocycles. The Hall–Kier alpha value is -3.23. The largest absolute Gasteiger partial charge is 0.493 e. The van der Waals surface area contributed by atoms with Gasteiger partial charge in [-0.15, -0.1) is 0 Å². The fourth-order valence-corrected chi connectivity index (χ4v) is 4.68. The number of methoxy groups -OCH3 is 2. The van der Waals surface area contributed by atoms with Gasteiger partial charge < -0.3 is 20.1 Å². The first-order chi connectivity index (χ1) is 15.4. The number of hydrogen-bond acceptors (Lipinski definition) is 6. The van der Waals surface area contributed by atoms with Gasteiger partial charge in [-0.05, 0) is 35.9 Å². The standard InChI is InChI=1S/C23H23ClN2O5S/c1-30-20-12-11-17(13-21(20)31-2)32(28,29)22-10-6-5-9-19(22)25-15-23(27)26-14-16-7-3-4-8-18(16)24/h3-13,25H,14-15H2,1-2H3,(H,26,27). The fraction of sp³-hybridized carbons (Fsp3) is 0.174. The van der Waals surface area contributed by atoms with Gasteiger partial charge in [-0.2, -0.15) is 0 Å². The molecule has 0 heterocycles. The maximum Gasteiger partial charge on any atom is 0.239 e. The molecule has 0 fully saturated rings. The molecule has 3 aromatic rings. The van der Waals surface area contributed by atoms with Gasteiger partial charge in [-0.25, -0.2) is 8.42 Å². The number of halogens is 1. The zero-order valence-electron chi connectivity index (χ0n) is 17.6. The third kappa shape index (κ3) is 5.33. The molecule has 0 unspecified atom stereocenters. The molecule has 0 aromatic heterocycles. The molecule has 7 nitrogen and oxygen atoms in total. The van der Waals surface area contributed by atoms with Crippen molar-refractivity contribution in [1.82, 2.24) is 5.32 Å². The maximum absolute atomic E-state index is 13.3. The molecule has 3 aromatic carbocycles. The molecule has 0 aliphatic rings. The number of benzene rings is 3. The van der Waals surface area contributed by atoms with E-state index >= 15 is 0 Å². The predicted molar refractivity (Wildman–Crippen MR) is 123 cm³/mol. The van der Waals surface area contributed by atoms with Crippen molar-refractivity contribution in [3.05, 3.63) is 77.3 Å². The third-order valence-corrected chi connectivity index (χ3v) is 6.89. The number of hydrogen-bond donors (Lipinski definition) is 2. The molecule has 0 spiro atoms. The van der Waals surface area contributed by atoms with Crippen LogP contribution < -0.4 is 20.1 Å². The number of para-hydroxylation sites is 1. The first kappa shape index (κ1) is 23.4. The van der Waals surface area contributed by atoms with E-state index in [0.29, 0.717) is 22.2 Å². The quantitative estimate of drug-likeness (QED) is 0.488. The summed E-state index contributed by atoms with van der Waals surface area (Å²) in [6.45, 7) is 0.161. The highest BCUT2D eigenvalue weighted by Gasteiger charge is 2.23. The lowest BCUT2D eigenvalue weighted by Gasteiger charge is -2.14. The molecule has 0 atom stereocenters. The molecule has 2 N–H and O–H groups in total. The van der Waals surface area contributed by atoms with Gasteiger partial charge in [-0.3, -0.25) is 4.79 Å². The normalized spacial score (nSPS) is 11.0. The number of ether oxygens (including phenoxy) is 2. The Morgan fingerprint density at radius 2 is 1.62 bits per heavy atom. The molecule has 1 amide bonds. The van der Waals surface area contributed by atoms with Crippen molar-refractivity contribution in [1.29, 1.82) is 0 Å². The minimum absolute atomic E-state index is 0.0473. The highest BCUT2D eigenvalue weighted by molar-refractivity contribution is 7.91. The highest BCUT2D eigenvalue weighted by Crippen LogP contribution is 2.34. The van der Waals surface area contributed by atoms with Gasteiger partial charge in [0.05, 0.1) is 36.2 Å². The van der Waals surface area contributed by atoms with E-state index in [1.54, 1.807) is 24.3 Å². The Morgan fingerprint density at radius 1 is 0.938 bits per heavy atom. The lowest BCUT2D eigenvalue weighted by atomic mass is 10.2. The summed E-state index contributed by atoms with van der Waals surface area (Å²) in [5.74, 6) is 0.425. The van der Waals surface area contributed by atoms with Gasteiger partial charge in [-0.1, -0.05) is 41.9 Å². The summed E-state index contributed by atoms with van der Waals surface area (Å²) >= 11 is 6.10. The lowest BCUT2D eigenvalue weighted by molar-refractivity contribution is -0.119. The van der Waals surface area contributed by atoms with Crippen molar-refractivity contribution < 1.29 is 22.7 Å². The summed E-state index contributed by atoms with van der Waals surface area (Å²) in [5.41, 5.74) is 1.11. The van der Waals surface area contributed by atoms with E-state index in [9.17, 15) is 13.2 Å². The monoisotopic (exact) mass is 474 g/mol. The maximum atomic E-state index is 13.3. The minimum Gasteiger partial charge on any atom is -0.493 e. The van der Waals surface area contributed by atoms with E-state index in [2.05, 4.69) is 10.6 Å². The van der Waals surface area contributed by atoms with E-state index in [0.717, 1.165) is 5.56 Å². The van der Waals surface area contributed by atoms with Crippen LogP contribution in [-0.2, 0) is 21.2 Å². The van der Waals surface area contributed by atoms with E-state index in [1.807, 2.05) is 18.2 Å². The summed E-state index contributed by atoms with van der Waals surface area (Å²) in [5, 5.41) is 6.23. The number of nitrogens with one attached hydrogen (secondary N) is 2. The first-order valence-electron chi connectivity index (χ1n) is 9.67. The molecule has 0 saturated carbocycles. The molecule has 3 rings (SSSR count). The molecule has 0 aliphatic carbocycles. The summed E-state index contributed by atoms with van der Waals surface area (Å²) in [4.78, 5) is 12.4. The zero-order valence-corrected chi connectivity index (χ0v) is 19.2. The van der Waals surface area contributed by atoms with Crippen molar-refractivity contribution in [2.45, 2.75) is 16.3 Å². The molecular formula is C23H23ClN2O5S. The van der Waals surface area contributed by atoms with Gasteiger partial charge >= 0.3 is 0 Å². The number of rotatable bonds is 9. The average molecular weight is 475 g/mol. The van der Waals surface area contributed by atoms with Gasteiger partial charge in [0, 0.05) is 17.6 Å². The Morgan fingerprint density at radius 3 is 2.34 bits per heavy atom. The second-order valence-electron chi connectivity index (χ2n) is 6.74. The van der Waals surface area contributed by atoms with Crippen molar-refractivity contribution >= 4 is 33.0 Å². The van der Waals surface area contributed by atoms with Crippen molar-refractivity contribution in [3.63, 3.8) is 0 Å². The molecule has 0 radical (unpaired) electrons. The van der Waals surface area contributed by atoms with Crippen LogP contribution in [-0.4, -0.2) is 35.1 Å². The predicted octanol–water partition coefficient (Wildman–Crippen LogP) is 3.92. The summed E-state index contributed by atoms with van der Waals surface area (Å²) in [7, 11) is -0.973. The summed E-state index contributed by atoms with van der Waals surface area (Å²) in [6.07, 6.45) is 0. The van der Waals surface area contributed by atoms with Gasteiger partial charge in [0.15, 0.2) is 11.5 Å². The highest BCUT2D eigenvalue weighted by atomic mass is 35.5. The van der Waals surface area contributed by atoms with E-state index in [4.69, 9.17) is 21.1 Å². The van der Waals surface area contributed by atoms with Crippen LogP contribution in [0.1, 0.15) is 5.56 Å². The smallest absolute Gasteiger partial charge is 0.239 e. The van der Waals surface area contributed by atoms with E-state index in [1.165, 1.54) is 38.5 Å². The fourth-order valence-electron chi connectivity index (χ4n) is 3.03. The van der Waals surface area contributed by atoms with Crippen LogP contribution in [0.25, 0.3) is 0 Å². The van der Waals surface area contributed by atoms with Crippen LogP contribution >= 0.6 is 11.6 Å². The SMILES string of the molecule is COc1ccc(S(=O)(=O)c2ccccc2NCC(=O)NCc2ccccc2Cl)cc1OC. The average Bonchev–Trinajstić information content (AvgIpc) is 2.81. The van der Waals surface area contributed by atoms with Gasteiger partial charge in [0.25, 0.3) is 0 Å². The number of sulfone groups is 1. The van der Waals surface area contributed by atoms with Crippen molar-refractivity contribution in [3.8, 4) is 11.5 Å². The minimum atomic E-state index is -3.88. The lowest BCUT2D eigenvalue weighted by Crippen LogP contribution is -2.29. The second kappa shape index (κ2) is 10.4. The molecular weight excluding hydrogens is 452 g/mol. The molecule has 168 valence electrons. The van der Waals surface area contributed by atoms with E-state index < -0.39 is 9.84 Å². The van der Waals surface area contributed by atoms with Gasteiger partial charge in [0.1, 0.15) is 0 Å². The van der Waals surface area contributed by atoms with Crippen LogP contribution in [0.5, 0.6) is 11.5 Å². The van der Waals surface area contributed by atoms with Crippen LogP contribution in [0, 0.1) is 0 Å². The Balaban J connectivity index is 1.75. The number of carbonyl (C=O) groups excluding carboxylic acids is 1. The Kier molecular flexibility index (Phi) is 7.61. The number of carbonyl (C=O) groups is 1. The summed E-state index contributed by atoms with van der Waals surface area (Å²) in [6, 6.07) is 18.0. The molecule has 0 aliphatic heterocycles. The van der Waals surface area contributed by atoms with Gasteiger partial charge in [0.2, 0.25) is 15.7 Å². The zero-order chi connectivity index (χ0) is 23.1. The molecule has 0 bridgehead atoms. The number of anilines is 1. The second-order valence-corrected chi connectivity index (χ2v) is 9.06. The first-order valence-corrected chi connectivity index (χ1v) is 11.5. The Labute approximate surface area is 192 Å². The van der Waals surface area contributed by atoms with E-state index in [-0.39, 0.29) is 28.8 Å². The van der Waals surface area contributed by atoms with Crippen LogP contribution in [0.2, 0.25) is 5.02 Å².